The average molecular weight is 309 g/mol. The van der Waals surface area contributed by atoms with Gasteiger partial charge in [-0.3, -0.25) is 4.98 Å². The van der Waals surface area contributed by atoms with Crippen LogP contribution in [0.1, 0.15) is 24.3 Å². The summed E-state index contributed by atoms with van der Waals surface area (Å²) in [6.45, 7) is 0. The van der Waals surface area contributed by atoms with Crippen molar-refractivity contribution in [1.29, 1.82) is 0 Å². The highest BCUT2D eigenvalue weighted by molar-refractivity contribution is 7.17. The van der Waals surface area contributed by atoms with E-state index in [0.29, 0.717) is 5.92 Å². The van der Waals surface area contributed by atoms with Crippen LogP contribution in [0.15, 0.2) is 42.8 Å². The van der Waals surface area contributed by atoms with Crippen LogP contribution in [0.4, 0.5) is 0 Å². The first-order valence-electron chi connectivity index (χ1n) is 7.36. The Hall–Kier alpha value is -2.34. The monoisotopic (exact) mass is 309 g/mol. The first-order valence-corrected chi connectivity index (χ1v) is 8.17. The quantitative estimate of drug-likeness (QED) is 0.693. The smallest absolute Gasteiger partial charge is 0.235 e. The number of rotatable bonds is 3. The first-order chi connectivity index (χ1) is 10.9. The Morgan fingerprint density at radius 1 is 1.18 bits per heavy atom. The molecule has 0 saturated heterocycles. The SMILES string of the molecule is C1=CC[C@@H](/C=C/c2nn3c(-c4ccncc4)nnc3s2)CC1. The van der Waals surface area contributed by atoms with E-state index in [1.165, 1.54) is 12.8 Å². The highest BCUT2D eigenvalue weighted by Crippen LogP contribution is 2.24. The summed E-state index contributed by atoms with van der Waals surface area (Å²) in [5.41, 5.74) is 0.973. The van der Waals surface area contributed by atoms with Crippen molar-refractivity contribution in [3.8, 4) is 11.4 Å². The Labute approximate surface area is 132 Å². The molecule has 22 heavy (non-hydrogen) atoms. The fraction of sp³-hybridized carbons (Fsp3) is 0.250. The third kappa shape index (κ3) is 2.57. The highest BCUT2D eigenvalue weighted by atomic mass is 32.1. The minimum Gasteiger partial charge on any atom is -0.265 e. The molecule has 0 unspecified atom stereocenters. The van der Waals surface area contributed by atoms with Crippen LogP contribution in [0.5, 0.6) is 0 Å². The van der Waals surface area contributed by atoms with Crippen LogP contribution < -0.4 is 0 Å². The van der Waals surface area contributed by atoms with E-state index in [1.807, 2.05) is 12.1 Å². The normalized spacial score (nSPS) is 18.5. The van der Waals surface area contributed by atoms with Crippen LogP contribution in [-0.2, 0) is 0 Å². The van der Waals surface area contributed by atoms with Gasteiger partial charge in [0.15, 0.2) is 5.82 Å². The van der Waals surface area contributed by atoms with Gasteiger partial charge in [0.05, 0.1) is 0 Å². The molecule has 0 spiro atoms. The molecule has 0 saturated carbocycles. The molecule has 0 bridgehead atoms. The summed E-state index contributed by atoms with van der Waals surface area (Å²) in [6, 6.07) is 3.83. The average Bonchev–Trinajstić information content (AvgIpc) is 3.15. The Balaban J connectivity index is 1.63. The number of fused-ring (bicyclic) bond motifs is 1. The van der Waals surface area contributed by atoms with Gasteiger partial charge < -0.3 is 0 Å². The van der Waals surface area contributed by atoms with Gasteiger partial charge in [-0.15, -0.1) is 10.2 Å². The Morgan fingerprint density at radius 2 is 2.09 bits per heavy atom. The highest BCUT2D eigenvalue weighted by Gasteiger charge is 2.12. The largest absolute Gasteiger partial charge is 0.265 e. The van der Waals surface area contributed by atoms with E-state index in [9.17, 15) is 0 Å². The molecule has 1 atom stereocenters. The van der Waals surface area contributed by atoms with E-state index in [-0.39, 0.29) is 0 Å². The van der Waals surface area contributed by atoms with E-state index < -0.39 is 0 Å². The molecule has 0 amide bonds. The van der Waals surface area contributed by atoms with Crippen molar-refractivity contribution in [3.63, 3.8) is 0 Å². The lowest BCUT2D eigenvalue weighted by Gasteiger charge is -2.12. The fourth-order valence-corrected chi connectivity index (χ4v) is 3.34. The maximum Gasteiger partial charge on any atom is 0.235 e. The summed E-state index contributed by atoms with van der Waals surface area (Å²) in [7, 11) is 0. The molecule has 3 aromatic heterocycles. The van der Waals surface area contributed by atoms with E-state index in [0.717, 1.165) is 27.8 Å². The molecule has 1 aliphatic carbocycles. The van der Waals surface area contributed by atoms with Crippen molar-refractivity contribution in [2.45, 2.75) is 19.3 Å². The molecule has 3 aromatic rings. The van der Waals surface area contributed by atoms with Crippen molar-refractivity contribution in [1.82, 2.24) is 24.8 Å². The van der Waals surface area contributed by atoms with Crippen LogP contribution >= 0.6 is 11.3 Å². The first kappa shape index (κ1) is 13.3. The zero-order valence-electron chi connectivity index (χ0n) is 12.0. The van der Waals surface area contributed by atoms with Crippen molar-refractivity contribution in [2.75, 3.05) is 0 Å². The molecule has 0 N–H and O–H groups in total. The molecule has 110 valence electrons. The molecule has 0 fully saturated rings. The second kappa shape index (κ2) is 5.81. The molecule has 0 radical (unpaired) electrons. The lowest BCUT2D eigenvalue weighted by atomic mass is 9.94. The number of aromatic nitrogens is 5. The van der Waals surface area contributed by atoms with Gasteiger partial charge in [0, 0.05) is 18.0 Å². The molecule has 0 aliphatic heterocycles. The minimum absolute atomic E-state index is 0.624. The van der Waals surface area contributed by atoms with Crippen LogP contribution in [0, 0.1) is 5.92 Å². The number of hydrogen-bond acceptors (Lipinski definition) is 5. The zero-order chi connectivity index (χ0) is 14.8. The van der Waals surface area contributed by atoms with Gasteiger partial charge in [-0.2, -0.15) is 9.61 Å². The molecule has 3 heterocycles. The summed E-state index contributed by atoms with van der Waals surface area (Å²) >= 11 is 1.56. The van der Waals surface area contributed by atoms with Crippen molar-refractivity contribution >= 4 is 22.4 Å². The zero-order valence-corrected chi connectivity index (χ0v) is 12.8. The lowest BCUT2D eigenvalue weighted by Crippen LogP contribution is -1.97. The van der Waals surface area contributed by atoms with E-state index >= 15 is 0 Å². The molecule has 6 heteroatoms. The summed E-state index contributed by atoms with van der Waals surface area (Å²) in [5, 5.41) is 14.0. The van der Waals surface area contributed by atoms with E-state index in [1.54, 1.807) is 28.2 Å². The van der Waals surface area contributed by atoms with E-state index in [4.69, 9.17) is 0 Å². The van der Waals surface area contributed by atoms with Crippen LogP contribution in [0.25, 0.3) is 22.4 Å². The van der Waals surface area contributed by atoms with Crippen molar-refractivity contribution in [2.24, 2.45) is 5.92 Å². The third-order valence-electron chi connectivity index (χ3n) is 3.77. The molecule has 5 nitrogen and oxygen atoms in total. The third-order valence-corrected chi connectivity index (χ3v) is 4.63. The van der Waals surface area contributed by atoms with E-state index in [2.05, 4.69) is 44.6 Å². The van der Waals surface area contributed by atoms with Gasteiger partial charge in [-0.1, -0.05) is 29.6 Å². The standard InChI is InChI=1S/C16H15N5S/c1-2-4-12(5-3-1)6-7-14-20-21-15(18-19-16(21)22-14)13-8-10-17-11-9-13/h1-2,6-12H,3-5H2/b7-6+/t12-/m1/s1. The second-order valence-electron chi connectivity index (χ2n) is 5.30. The number of hydrogen-bond donors (Lipinski definition) is 0. The fourth-order valence-electron chi connectivity index (χ4n) is 2.59. The van der Waals surface area contributed by atoms with Crippen LogP contribution in [-0.4, -0.2) is 24.8 Å². The van der Waals surface area contributed by atoms with Gasteiger partial charge >= 0.3 is 0 Å². The predicted molar refractivity (Wildman–Crippen MR) is 87.4 cm³/mol. The number of pyridine rings is 1. The summed E-state index contributed by atoms with van der Waals surface area (Å²) in [6.07, 6.45) is 15.9. The number of nitrogens with zero attached hydrogens (tertiary/aromatic N) is 5. The van der Waals surface area contributed by atoms with Gasteiger partial charge in [-0.25, -0.2) is 0 Å². The molecule has 4 rings (SSSR count). The van der Waals surface area contributed by atoms with Crippen molar-refractivity contribution < 1.29 is 0 Å². The summed E-state index contributed by atoms with van der Waals surface area (Å²) in [4.78, 5) is 4.84. The van der Waals surface area contributed by atoms with Gasteiger partial charge in [0.25, 0.3) is 0 Å². The molecular formula is C16H15N5S. The molecule has 0 aromatic carbocycles. The maximum atomic E-state index is 4.62. The Bertz CT molecular complexity index is 831. The molecule has 1 aliphatic rings. The van der Waals surface area contributed by atoms with Crippen molar-refractivity contribution in [3.05, 3.63) is 47.8 Å². The maximum absolute atomic E-state index is 4.62. The van der Waals surface area contributed by atoms with Crippen LogP contribution in [0.3, 0.4) is 0 Å². The minimum atomic E-state index is 0.624. The van der Waals surface area contributed by atoms with Crippen LogP contribution in [0.2, 0.25) is 0 Å². The molecular weight excluding hydrogens is 294 g/mol. The second-order valence-corrected chi connectivity index (χ2v) is 6.29. The Morgan fingerprint density at radius 3 is 2.91 bits per heavy atom. The van der Waals surface area contributed by atoms with Gasteiger partial charge in [-0.05, 0) is 43.4 Å². The van der Waals surface area contributed by atoms with Gasteiger partial charge in [0.1, 0.15) is 5.01 Å². The lowest BCUT2D eigenvalue weighted by molar-refractivity contribution is 0.586. The summed E-state index contributed by atoms with van der Waals surface area (Å²) < 4.78 is 1.81. The van der Waals surface area contributed by atoms with Gasteiger partial charge in [0.2, 0.25) is 4.96 Å². The Kier molecular flexibility index (Phi) is 3.52. The number of allylic oxidation sites excluding steroid dienone is 3. The summed E-state index contributed by atoms with van der Waals surface area (Å²) in [5.74, 6) is 1.38. The predicted octanol–water partition coefficient (Wildman–Crippen LogP) is 3.62. The topological polar surface area (TPSA) is 56.0 Å².